The number of benzene rings is 1. The molecule has 1 heterocycles. The highest BCUT2D eigenvalue weighted by Gasteiger charge is 2.59. The molecule has 1 aliphatic heterocycles. The lowest BCUT2D eigenvalue weighted by Crippen LogP contribution is -2.34. The summed E-state index contributed by atoms with van der Waals surface area (Å²) in [6.45, 7) is 7.22. The van der Waals surface area contributed by atoms with E-state index < -0.39 is 0 Å². The number of nitrogens with one attached hydrogen (secondary N) is 1. The summed E-state index contributed by atoms with van der Waals surface area (Å²) in [5.74, 6) is -0.0738. The van der Waals surface area contributed by atoms with Crippen molar-refractivity contribution < 1.29 is 9.18 Å². The van der Waals surface area contributed by atoms with Gasteiger partial charge in [0.05, 0.1) is 0 Å². The van der Waals surface area contributed by atoms with E-state index in [0.29, 0.717) is 6.54 Å². The van der Waals surface area contributed by atoms with Gasteiger partial charge in [0.15, 0.2) is 0 Å². The molecular formula is C17H23FN2O. The van der Waals surface area contributed by atoms with Crippen molar-refractivity contribution >= 4 is 5.91 Å². The number of nitrogens with zero attached hydrogens (tertiary/aromatic N) is 1. The average molecular weight is 290 g/mol. The van der Waals surface area contributed by atoms with Crippen LogP contribution in [-0.2, 0) is 4.79 Å². The molecule has 1 aromatic rings. The predicted molar refractivity (Wildman–Crippen MR) is 80.0 cm³/mol. The topological polar surface area (TPSA) is 32.3 Å². The third-order valence-corrected chi connectivity index (χ3v) is 4.41. The van der Waals surface area contributed by atoms with E-state index in [-0.39, 0.29) is 28.8 Å². The Balaban J connectivity index is 1.84. The lowest BCUT2D eigenvalue weighted by molar-refractivity contribution is -0.131. The summed E-state index contributed by atoms with van der Waals surface area (Å²) in [5, 5.41) is 3.43. The Bertz CT molecular complexity index is 560. The second-order valence-electron chi connectivity index (χ2n) is 7.49. The van der Waals surface area contributed by atoms with Crippen LogP contribution in [-0.4, -0.2) is 22.9 Å². The summed E-state index contributed by atoms with van der Waals surface area (Å²) in [4.78, 5) is 14.5. The van der Waals surface area contributed by atoms with Gasteiger partial charge in [0, 0.05) is 6.54 Å². The average Bonchev–Trinajstić information content (AvgIpc) is 3.11. The molecule has 3 nitrogen and oxygen atoms in total. The fourth-order valence-electron chi connectivity index (χ4n) is 2.90. The molecule has 1 unspecified atom stereocenters. The summed E-state index contributed by atoms with van der Waals surface area (Å²) in [6.07, 6.45) is 2.52. The van der Waals surface area contributed by atoms with Crippen molar-refractivity contribution in [3.63, 3.8) is 0 Å². The Morgan fingerprint density at radius 3 is 2.67 bits per heavy atom. The summed E-state index contributed by atoms with van der Waals surface area (Å²) >= 11 is 0. The van der Waals surface area contributed by atoms with E-state index in [2.05, 4.69) is 26.1 Å². The van der Waals surface area contributed by atoms with Crippen LogP contribution in [0.5, 0.6) is 0 Å². The van der Waals surface area contributed by atoms with Crippen molar-refractivity contribution in [2.45, 2.75) is 51.7 Å². The van der Waals surface area contributed by atoms with E-state index >= 15 is 0 Å². The van der Waals surface area contributed by atoms with Crippen molar-refractivity contribution in [2.24, 2.45) is 5.41 Å². The van der Waals surface area contributed by atoms with Crippen LogP contribution in [0.3, 0.4) is 0 Å². The summed E-state index contributed by atoms with van der Waals surface area (Å²) in [7, 11) is 0. The Hall–Kier alpha value is -1.42. The largest absolute Gasteiger partial charge is 0.321 e. The fraction of sp³-hybridized carbons (Fsp3) is 0.588. The minimum absolute atomic E-state index is 0.173. The number of halogens is 1. The highest BCUT2D eigenvalue weighted by Crippen LogP contribution is 2.46. The van der Waals surface area contributed by atoms with Gasteiger partial charge in [-0.1, -0.05) is 32.9 Å². The van der Waals surface area contributed by atoms with Gasteiger partial charge in [0.25, 0.3) is 0 Å². The quantitative estimate of drug-likeness (QED) is 0.927. The number of hydrogen-bond acceptors (Lipinski definition) is 2. The van der Waals surface area contributed by atoms with E-state index in [9.17, 15) is 9.18 Å². The van der Waals surface area contributed by atoms with Gasteiger partial charge in [-0.25, -0.2) is 4.39 Å². The Morgan fingerprint density at radius 1 is 1.38 bits per heavy atom. The Labute approximate surface area is 125 Å². The molecule has 0 radical (unpaired) electrons. The minimum atomic E-state index is -0.366. The van der Waals surface area contributed by atoms with Crippen LogP contribution in [0.1, 0.15) is 51.8 Å². The second kappa shape index (κ2) is 4.80. The number of hydrogen-bond donors (Lipinski definition) is 1. The molecule has 1 spiro atoms. The van der Waals surface area contributed by atoms with Gasteiger partial charge < -0.3 is 4.90 Å². The molecule has 0 bridgehead atoms. The van der Waals surface area contributed by atoms with Gasteiger partial charge in [-0.3, -0.25) is 10.1 Å². The maximum absolute atomic E-state index is 13.5. The van der Waals surface area contributed by atoms with Gasteiger partial charge >= 0.3 is 0 Å². The number of amides is 1. The molecule has 1 N–H and O–H groups in total. The monoisotopic (exact) mass is 290 g/mol. The zero-order valence-electron chi connectivity index (χ0n) is 12.9. The van der Waals surface area contributed by atoms with Crippen LogP contribution in [0.25, 0.3) is 0 Å². The lowest BCUT2D eigenvalue weighted by Gasteiger charge is -2.28. The maximum Gasteiger partial charge on any atom is 0.244 e. The molecule has 1 atom stereocenters. The minimum Gasteiger partial charge on any atom is -0.321 e. The number of carbonyl (C=O) groups is 1. The van der Waals surface area contributed by atoms with Gasteiger partial charge in [-0.2, -0.15) is 0 Å². The SMILES string of the molecule is CC(C)(C)CCN1C(=O)C2(CC2)NC1c1cccc(F)c1. The van der Waals surface area contributed by atoms with Gasteiger partial charge in [-0.05, 0) is 42.4 Å². The first kappa shape index (κ1) is 14.5. The van der Waals surface area contributed by atoms with Crippen LogP contribution >= 0.6 is 0 Å². The zero-order valence-corrected chi connectivity index (χ0v) is 12.9. The molecule has 3 rings (SSSR count). The maximum atomic E-state index is 13.5. The zero-order chi connectivity index (χ0) is 15.3. The first-order valence-corrected chi connectivity index (χ1v) is 7.65. The predicted octanol–water partition coefficient (Wildman–Crippen LogP) is 3.22. The molecule has 2 aliphatic rings. The van der Waals surface area contributed by atoms with Crippen LogP contribution in [0, 0.1) is 11.2 Å². The third-order valence-electron chi connectivity index (χ3n) is 4.41. The fourth-order valence-corrected chi connectivity index (χ4v) is 2.90. The normalized spacial score (nSPS) is 23.9. The third kappa shape index (κ3) is 2.82. The van der Waals surface area contributed by atoms with E-state index in [4.69, 9.17) is 0 Å². The van der Waals surface area contributed by atoms with Crippen molar-refractivity contribution in [1.82, 2.24) is 10.2 Å². The summed E-state index contributed by atoms with van der Waals surface area (Å²) < 4.78 is 13.5. The molecule has 2 fully saturated rings. The Morgan fingerprint density at radius 2 is 2.10 bits per heavy atom. The molecule has 0 aromatic heterocycles. The van der Waals surface area contributed by atoms with E-state index in [1.165, 1.54) is 12.1 Å². The first-order valence-electron chi connectivity index (χ1n) is 7.65. The molecule has 1 saturated heterocycles. The summed E-state index contributed by atoms with van der Waals surface area (Å²) in [6, 6.07) is 6.55. The molecule has 1 aliphatic carbocycles. The van der Waals surface area contributed by atoms with Crippen LogP contribution in [0.4, 0.5) is 4.39 Å². The van der Waals surface area contributed by atoms with Crippen LogP contribution in [0.15, 0.2) is 24.3 Å². The molecule has 1 aromatic carbocycles. The smallest absolute Gasteiger partial charge is 0.244 e. The molecular weight excluding hydrogens is 267 g/mol. The number of rotatable bonds is 3. The van der Waals surface area contributed by atoms with E-state index in [1.807, 2.05) is 11.0 Å². The van der Waals surface area contributed by atoms with Gasteiger partial charge in [0.1, 0.15) is 17.5 Å². The molecule has 114 valence electrons. The highest BCUT2D eigenvalue weighted by atomic mass is 19.1. The van der Waals surface area contributed by atoms with Crippen LogP contribution in [0.2, 0.25) is 0 Å². The first-order chi connectivity index (χ1) is 9.81. The van der Waals surface area contributed by atoms with Crippen molar-refractivity contribution in [3.05, 3.63) is 35.6 Å². The molecule has 1 amide bonds. The number of carbonyl (C=O) groups excluding carboxylic acids is 1. The Kier molecular flexibility index (Phi) is 3.32. The highest BCUT2D eigenvalue weighted by molar-refractivity contribution is 5.92. The second-order valence-corrected chi connectivity index (χ2v) is 7.49. The standard InChI is InChI=1S/C17H23FN2O/c1-16(2,3)9-10-20-14(12-5-4-6-13(18)11-12)19-17(7-8-17)15(20)21/h4-6,11,14,19H,7-10H2,1-3H3. The van der Waals surface area contributed by atoms with Crippen molar-refractivity contribution in [1.29, 1.82) is 0 Å². The molecule has 4 heteroatoms. The van der Waals surface area contributed by atoms with Crippen molar-refractivity contribution in [2.75, 3.05) is 6.54 Å². The van der Waals surface area contributed by atoms with Gasteiger partial charge in [0.2, 0.25) is 5.91 Å². The molecule has 21 heavy (non-hydrogen) atoms. The van der Waals surface area contributed by atoms with Gasteiger partial charge in [-0.15, -0.1) is 0 Å². The lowest BCUT2D eigenvalue weighted by atomic mass is 9.92. The molecule has 1 saturated carbocycles. The van der Waals surface area contributed by atoms with Crippen molar-refractivity contribution in [3.8, 4) is 0 Å². The summed E-state index contributed by atoms with van der Waals surface area (Å²) in [5.41, 5.74) is 0.641. The van der Waals surface area contributed by atoms with E-state index in [0.717, 1.165) is 24.8 Å². The van der Waals surface area contributed by atoms with Crippen LogP contribution < -0.4 is 5.32 Å². The van der Waals surface area contributed by atoms with E-state index in [1.54, 1.807) is 6.07 Å².